The number of ether oxygens (including phenoxy) is 1. The highest BCUT2D eigenvalue weighted by Gasteiger charge is 2.20. The summed E-state index contributed by atoms with van der Waals surface area (Å²) in [5.41, 5.74) is 2.00. The number of carboxylic acids is 1. The maximum absolute atomic E-state index is 12.4. The van der Waals surface area contributed by atoms with Crippen LogP contribution in [0.5, 0.6) is 5.75 Å². The summed E-state index contributed by atoms with van der Waals surface area (Å²) in [7, 11) is 1.60. The molecule has 0 saturated carbocycles. The number of carboxylic acid groups (broad SMARTS) is 1. The van der Waals surface area contributed by atoms with E-state index in [2.05, 4.69) is 10.3 Å². The van der Waals surface area contributed by atoms with Crippen molar-refractivity contribution in [3.63, 3.8) is 0 Å². The summed E-state index contributed by atoms with van der Waals surface area (Å²) in [6.45, 7) is 1.98. The minimum Gasteiger partial charge on any atom is -0.497 e. The second-order valence-electron chi connectivity index (χ2n) is 5.70. The lowest BCUT2D eigenvalue weighted by molar-refractivity contribution is -0.139. The number of aliphatic carboxylic acids is 1. The van der Waals surface area contributed by atoms with E-state index in [0.717, 1.165) is 29.7 Å². The standard InChI is InChI=1S/C19H22N2O4/c1-3-4-5-17(19(23)24)21-18(22)15-10-14(11-20-12-15)13-6-8-16(25-2)9-7-13/h6-12,17H,3-5H2,1-2H3,(H,21,22)(H,23,24)/t17-/m0/s1. The summed E-state index contributed by atoms with van der Waals surface area (Å²) in [5, 5.41) is 11.8. The van der Waals surface area contributed by atoms with Gasteiger partial charge in [0.25, 0.3) is 5.91 Å². The van der Waals surface area contributed by atoms with Gasteiger partial charge in [-0.25, -0.2) is 4.79 Å². The topological polar surface area (TPSA) is 88.5 Å². The Morgan fingerprint density at radius 1 is 1.20 bits per heavy atom. The normalized spacial score (nSPS) is 11.6. The van der Waals surface area contributed by atoms with Gasteiger partial charge in [0.05, 0.1) is 12.7 Å². The molecule has 0 aliphatic heterocycles. The molecule has 2 rings (SSSR count). The second-order valence-corrected chi connectivity index (χ2v) is 5.70. The summed E-state index contributed by atoms with van der Waals surface area (Å²) in [6.07, 6.45) is 5.10. The molecule has 1 aromatic heterocycles. The van der Waals surface area contributed by atoms with Crippen molar-refractivity contribution < 1.29 is 19.4 Å². The fraction of sp³-hybridized carbons (Fsp3) is 0.316. The van der Waals surface area contributed by atoms with Gasteiger partial charge in [-0.15, -0.1) is 0 Å². The molecule has 1 aromatic carbocycles. The van der Waals surface area contributed by atoms with Crippen LogP contribution in [0.3, 0.4) is 0 Å². The van der Waals surface area contributed by atoms with Crippen molar-refractivity contribution in [3.8, 4) is 16.9 Å². The highest BCUT2D eigenvalue weighted by molar-refractivity contribution is 5.97. The Kier molecular flexibility index (Phi) is 6.51. The number of benzene rings is 1. The molecule has 2 N–H and O–H groups in total. The van der Waals surface area contributed by atoms with Gasteiger partial charge in [0.2, 0.25) is 0 Å². The molecule has 6 heteroatoms. The number of carbonyl (C=O) groups is 2. The molecule has 2 aromatic rings. The first kappa shape index (κ1) is 18.4. The van der Waals surface area contributed by atoms with E-state index in [1.807, 2.05) is 31.2 Å². The van der Waals surface area contributed by atoms with Crippen LogP contribution < -0.4 is 10.1 Å². The van der Waals surface area contributed by atoms with Gasteiger partial charge < -0.3 is 15.2 Å². The second kappa shape index (κ2) is 8.82. The fourth-order valence-corrected chi connectivity index (χ4v) is 2.41. The van der Waals surface area contributed by atoms with Gasteiger partial charge in [-0.05, 0) is 30.2 Å². The fourth-order valence-electron chi connectivity index (χ4n) is 2.41. The van der Waals surface area contributed by atoms with Crippen molar-refractivity contribution in [2.45, 2.75) is 32.2 Å². The van der Waals surface area contributed by atoms with Gasteiger partial charge in [-0.3, -0.25) is 9.78 Å². The Bertz CT molecular complexity index is 728. The molecule has 25 heavy (non-hydrogen) atoms. The maximum Gasteiger partial charge on any atom is 0.326 e. The molecule has 1 heterocycles. The number of hydrogen-bond acceptors (Lipinski definition) is 4. The molecule has 0 bridgehead atoms. The molecule has 0 unspecified atom stereocenters. The van der Waals surface area contributed by atoms with Crippen LogP contribution in [0.15, 0.2) is 42.7 Å². The van der Waals surface area contributed by atoms with Crippen molar-refractivity contribution in [2.24, 2.45) is 0 Å². The summed E-state index contributed by atoms with van der Waals surface area (Å²) >= 11 is 0. The summed E-state index contributed by atoms with van der Waals surface area (Å²) in [4.78, 5) is 27.8. The molecule has 0 aliphatic rings. The van der Waals surface area contributed by atoms with E-state index >= 15 is 0 Å². The molecule has 0 aliphatic carbocycles. The molecule has 0 fully saturated rings. The Labute approximate surface area is 146 Å². The van der Waals surface area contributed by atoms with Gasteiger partial charge in [0, 0.05) is 18.0 Å². The van der Waals surface area contributed by atoms with E-state index in [-0.39, 0.29) is 0 Å². The van der Waals surface area contributed by atoms with Crippen molar-refractivity contribution in [3.05, 3.63) is 48.3 Å². The van der Waals surface area contributed by atoms with Gasteiger partial charge in [0.15, 0.2) is 0 Å². The summed E-state index contributed by atoms with van der Waals surface area (Å²) in [5.74, 6) is -0.724. The number of aromatic nitrogens is 1. The van der Waals surface area contributed by atoms with Crippen molar-refractivity contribution in [1.29, 1.82) is 0 Å². The highest BCUT2D eigenvalue weighted by Crippen LogP contribution is 2.22. The number of unbranched alkanes of at least 4 members (excludes halogenated alkanes) is 1. The molecule has 0 radical (unpaired) electrons. The van der Waals surface area contributed by atoms with Crippen LogP contribution in [0.25, 0.3) is 11.1 Å². The number of amides is 1. The first-order chi connectivity index (χ1) is 12.0. The Balaban J connectivity index is 2.16. The minimum atomic E-state index is -1.03. The number of nitrogens with zero attached hydrogens (tertiary/aromatic N) is 1. The Hall–Kier alpha value is -2.89. The zero-order valence-electron chi connectivity index (χ0n) is 14.4. The third kappa shape index (κ3) is 5.04. The third-order valence-corrected chi connectivity index (χ3v) is 3.87. The predicted octanol–water partition coefficient (Wildman–Crippen LogP) is 3.13. The zero-order chi connectivity index (χ0) is 18.2. The molecule has 6 nitrogen and oxygen atoms in total. The predicted molar refractivity (Wildman–Crippen MR) is 94.6 cm³/mol. The number of methoxy groups -OCH3 is 1. The van der Waals surface area contributed by atoms with Crippen LogP contribution in [-0.4, -0.2) is 35.1 Å². The summed E-state index contributed by atoms with van der Waals surface area (Å²) < 4.78 is 5.13. The van der Waals surface area contributed by atoms with E-state index in [1.165, 1.54) is 6.20 Å². The van der Waals surface area contributed by atoms with Crippen molar-refractivity contribution in [1.82, 2.24) is 10.3 Å². The lowest BCUT2D eigenvalue weighted by Gasteiger charge is -2.14. The quantitative estimate of drug-likeness (QED) is 0.769. The van der Waals surface area contributed by atoms with Crippen LogP contribution in [0.1, 0.15) is 36.5 Å². The van der Waals surface area contributed by atoms with E-state index in [4.69, 9.17) is 4.74 Å². The van der Waals surface area contributed by atoms with Gasteiger partial charge in [-0.1, -0.05) is 31.9 Å². The average Bonchev–Trinajstić information content (AvgIpc) is 2.64. The van der Waals surface area contributed by atoms with E-state index < -0.39 is 17.9 Å². The van der Waals surface area contributed by atoms with E-state index in [1.54, 1.807) is 19.4 Å². The number of nitrogens with one attached hydrogen (secondary N) is 1. The largest absolute Gasteiger partial charge is 0.497 e. The molecule has 1 amide bonds. The zero-order valence-corrected chi connectivity index (χ0v) is 14.4. The minimum absolute atomic E-state index is 0.330. The lowest BCUT2D eigenvalue weighted by atomic mass is 10.1. The lowest BCUT2D eigenvalue weighted by Crippen LogP contribution is -2.40. The molecular weight excluding hydrogens is 320 g/mol. The van der Waals surface area contributed by atoms with Crippen LogP contribution in [0.2, 0.25) is 0 Å². The smallest absolute Gasteiger partial charge is 0.326 e. The van der Waals surface area contributed by atoms with Crippen LogP contribution in [-0.2, 0) is 4.79 Å². The Morgan fingerprint density at radius 3 is 2.52 bits per heavy atom. The van der Waals surface area contributed by atoms with Crippen LogP contribution >= 0.6 is 0 Å². The number of rotatable bonds is 8. The SMILES string of the molecule is CCCC[C@H](NC(=O)c1cncc(-c2ccc(OC)cc2)c1)C(=O)O. The average molecular weight is 342 g/mol. The first-order valence-corrected chi connectivity index (χ1v) is 8.18. The Morgan fingerprint density at radius 2 is 1.92 bits per heavy atom. The van der Waals surface area contributed by atoms with Crippen molar-refractivity contribution in [2.75, 3.05) is 7.11 Å². The number of carbonyl (C=O) groups excluding carboxylic acids is 1. The molecular formula is C19H22N2O4. The highest BCUT2D eigenvalue weighted by atomic mass is 16.5. The maximum atomic E-state index is 12.4. The third-order valence-electron chi connectivity index (χ3n) is 3.87. The van der Waals surface area contributed by atoms with Crippen molar-refractivity contribution >= 4 is 11.9 Å². The van der Waals surface area contributed by atoms with Gasteiger partial charge in [-0.2, -0.15) is 0 Å². The summed E-state index contributed by atoms with van der Waals surface area (Å²) in [6, 6.07) is 8.21. The van der Waals surface area contributed by atoms with Crippen LogP contribution in [0.4, 0.5) is 0 Å². The van der Waals surface area contributed by atoms with Gasteiger partial charge >= 0.3 is 5.97 Å². The number of pyridine rings is 1. The molecule has 132 valence electrons. The monoisotopic (exact) mass is 342 g/mol. The van der Waals surface area contributed by atoms with Gasteiger partial charge in [0.1, 0.15) is 11.8 Å². The first-order valence-electron chi connectivity index (χ1n) is 8.18. The van der Waals surface area contributed by atoms with Crippen LogP contribution in [0, 0.1) is 0 Å². The number of hydrogen-bond donors (Lipinski definition) is 2. The molecule has 1 atom stereocenters. The molecule has 0 spiro atoms. The van der Waals surface area contributed by atoms with E-state index in [9.17, 15) is 14.7 Å². The molecule has 0 saturated heterocycles. The van der Waals surface area contributed by atoms with E-state index in [0.29, 0.717) is 12.0 Å².